The molecular formula is C14H20ClNO3. The fraction of sp³-hybridized carbons (Fsp3) is 0.500. The van der Waals surface area contributed by atoms with Crippen LogP contribution in [-0.2, 0) is 16.1 Å². The molecule has 0 radical (unpaired) electrons. The van der Waals surface area contributed by atoms with Gasteiger partial charge in [0.1, 0.15) is 5.75 Å². The van der Waals surface area contributed by atoms with Crippen LogP contribution in [0.1, 0.15) is 12.5 Å². The number of carbonyl (C=O) groups is 1. The number of rotatable bonds is 6. The summed E-state index contributed by atoms with van der Waals surface area (Å²) in [5, 5.41) is 0.671. The van der Waals surface area contributed by atoms with Crippen LogP contribution in [0, 0.1) is 5.92 Å². The van der Waals surface area contributed by atoms with E-state index in [0.717, 1.165) is 11.3 Å². The van der Waals surface area contributed by atoms with E-state index in [9.17, 15) is 4.79 Å². The molecule has 106 valence electrons. The molecule has 1 unspecified atom stereocenters. The lowest BCUT2D eigenvalue weighted by molar-refractivity contribution is -0.145. The molecule has 0 fully saturated rings. The first kappa shape index (κ1) is 15.8. The minimum atomic E-state index is -0.204. The summed E-state index contributed by atoms with van der Waals surface area (Å²) in [5.74, 6) is 0.423. The van der Waals surface area contributed by atoms with Gasteiger partial charge in [0, 0.05) is 23.7 Å². The Hall–Kier alpha value is -1.26. The number of benzene rings is 1. The maximum atomic E-state index is 11.4. The molecule has 0 saturated carbocycles. The van der Waals surface area contributed by atoms with Crippen LogP contribution in [0.2, 0.25) is 5.02 Å². The van der Waals surface area contributed by atoms with E-state index in [-0.39, 0.29) is 11.9 Å². The summed E-state index contributed by atoms with van der Waals surface area (Å²) in [6.07, 6.45) is 0. The number of methoxy groups -OCH3 is 2. The van der Waals surface area contributed by atoms with Crippen molar-refractivity contribution < 1.29 is 14.3 Å². The third-order valence-electron chi connectivity index (χ3n) is 2.87. The van der Waals surface area contributed by atoms with Crippen molar-refractivity contribution in [3.05, 3.63) is 28.8 Å². The lowest BCUT2D eigenvalue weighted by atomic mass is 10.1. The summed E-state index contributed by atoms with van der Waals surface area (Å²) in [6.45, 7) is 3.12. The highest BCUT2D eigenvalue weighted by Crippen LogP contribution is 2.23. The van der Waals surface area contributed by atoms with Crippen LogP contribution in [-0.4, -0.2) is 38.7 Å². The Balaban J connectivity index is 2.68. The molecule has 4 nitrogen and oxygen atoms in total. The lowest BCUT2D eigenvalue weighted by Gasteiger charge is -2.21. The Morgan fingerprint density at radius 1 is 1.42 bits per heavy atom. The van der Waals surface area contributed by atoms with Gasteiger partial charge >= 0.3 is 5.97 Å². The maximum Gasteiger partial charge on any atom is 0.309 e. The molecule has 1 rings (SSSR count). The fourth-order valence-electron chi connectivity index (χ4n) is 1.97. The van der Waals surface area contributed by atoms with Gasteiger partial charge in [-0.3, -0.25) is 4.79 Å². The zero-order valence-corrected chi connectivity index (χ0v) is 12.5. The van der Waals surface area contributed by atoms with Gasteiger partial charge in [-0.25, -0.2) is 0 Å². The van der Waals surface area contributed by atoms with Crippen molar-refractivity contribution in [2.45, 2.75) is 13.5 Å². The number of nitrogens with zero attached hydrogens (tertiary/aromatic N) is 1. The molecule has 0 aliphatic rings. The van der Waals surface area contributed by atoms with Gasteiger partial charge in [-0.15, -0.1) is 0 Å². The second kappa shape index (κ2) is 7.36. The third kappa shape index (κ3) is 4.73. The summed E-state index contributed by atoms with van der Waals surface area (Å²) in [7, 11) is 4.97. The number of hydrogen-bond donors (Lipinski definition) is 0. The Morgan fingerprint density at radius 2 is 2.11 bits per heavy atom. The predicted octanol–water partition coefficient (Wildman–Crippen LogP) is 2.59. The minimum Gasteiger partial charge on any atom is -0.496 e. The number of halogens is 1. The Morgan fingerprint density at radius 3 is 2.68 bits per heavy atom. The molecule has 0 aromatic heterocycles. The van der Waals surface area contributed by atoms with Gasteiger partial charge in [0.2, 0.25) is 0 Å². The van der Waals surface area contributed by atoms with Gasteiger partial charge < -0.3 is 14.4 Å². The summed E-state index contributed by atoms with van der Waals surface area (Å²) >= 11 is 5.99. The van der Waals surface area contributed by atoms with Crippen molar-refractivity contribution in [3.63, 3.8) is 0 Å². The largest absolute Gasteiger partial charge is 0.496 e. The molecule has 0 N–H and O–H groups in total. The van der Waals surface area contributed by atoms with Crippen LogP contribution >= 0.6 is 11.6 Å². The first-order valence-corrected chi connectivity index (χ1v) is 6.44. The number of hydrogen-bond acceptors (Lipinski definition) is 4. The smallest absolute Gasteiger partial charge is 0.309 e. The fourth-order valence-corrected chi connectivity index (χ4v) is 2.16. The highest BCUT2D eigenvalue weighted by atomic mass is 35.5. The van der Waals surface area contributed by atoms with E-state index in [1.54, 1.807) is 13.2 Å². The standard InChI is InChI=1S/C14H20ClNO3/c1-10(14(17)19-4)8-16(2)9-11-7-12(15)5-6-13(11)18-3/h5-7,10H,8-9H2,1-4H3. The van der Waals surface area contributed by atoms with Crippen molar-refractivity contribution in [3.8, 4) is 5.75 Å². The van der Waals surface area contributed by atoms with Crippen molar-refractivity contribution in [1.82, 2.24) is 4.90 Å². The van der Waals surface area contributed by atoms with E-state index in [2.05, 4.69) is 0 Å². The average molecular weight is 286 g/mol. The number of ether oxygens (including phenoxy) is 2. The normalized spacial score (nSPS) is 12.3. The van der Waals surface area contributed by atoms with E-state index in [1.807, 2.05) is 31.0 Å². The van der Waals surface area contributed by atoms with Crippen LogP contribution in [0.3, 0.4) is 0 Å². The molecule has 0 heterocycles. The second-order valence-corrected chi connectivity index (χ2v) is 5.01. The predicted molar refractivity (Wildman–Crippen MR) is 75.5 cm³/mol. The molecule has 19 heavy (non-hydrogen) atoms. The molecule has 0 aliphatic heterocycles. The van der Waals surface area contributed by atoms with Crippen molar-refractivity contribution in [2.24, 2.45) is 5.92 Å². The molecule has 1 aromatic rings. The van der Waals surface area contributed by atoms with E-state index in [0.29, 0.717) is 18.1 Å². The monoisotopic (exact) mass is 285 g/mol. The minimum absolute atomic E-state index is 0.167. The Bertz CT molecular complexity index is 437. The number of esters is 1. The topological polar surface area (TPSA) is 38.8 Å². The Labute approximate surface area is 119 Å². The first-order chi connectivity index (χ1) is 8.97. The zero-order chi connectivity index (χ0) is 14.4. The van der Waals surface area contributed by atoms with Crippen LogP contribution < -0.4 is 4.74 Å². The summed E-state index contributed by atoms with van der Waals surface area (Å²) in [5.41, 5.74) is 0.995. The van der Waals surface area contributed by atoms with E-state index in [4.69, 9.17) is 21.1 Å². The average Bonchev–Trinajstić information content (AvgIpc) is 2.37. The summed E-state index contributed by atoms with van der Waals surface area (Å²) < 4.78 is 10.0. The SMILES string of the molecule is COC(=O)C(C)CN(C)Cc1cc(Cl)ccc1OC. The number of carbonyl (C=O) groups excluding carboxylic acids is 1. The summed E-state index contributed by atoms with van der Waals surface area (Å²) in [6, 6.07) is 5.51. The molecule has 1 atom stereocenters. The van der Waals surface area contributed by atoms with E-state index < -0.39 is 0 Å². The Kier molecular flexibility index (Phi) is 6.12. The molecular weight excluding hydrogens is 266 g/mol. The molecule has 0 spiro atoms. The van der Waals surface area contributed by atoms with Gasteiger partial charge in [-0.1, -0.05) is 18.5 Å². The van der Waals surface area contributed by atoms with Crippen molar-refractivity contribution in [2.75, 3.05) is 27.8 Å². The molecule has 0 aliphatic carbocycles. The van der Waals surface area contributed by atoms with Crippen LogP contribution in [0.15, 0.2) is 18.2 Å². The van der Waals surface area contributed by atoms with Crippen LogP contribution in [0.25, 0.3) is 0 Å². The van der Waals surface area contributed by atoms with Gasteiger partial charge in [-0.2, -0.15) is 0 Å². The van der Waals surface area contributed by atoms with Crippen molar-refractivity contribution in [1.29, 1.82) is 0 Å². The lowest BCUT2D eigenvalue weighted by Crippen LogP contribution is -2.29. The quantitative estimate of drug-likeness (QED) is 0.753. The first-order valence-electron chi connectivity index (χ1n) is 6.06. The highest BCUT2D eigenvalue weighted by molar-refractivity contribution is 6.30. The molecule has 5 heteroatoms. The molecule has 0 saturated heterocycles. The second-order valence-electron chi connectivity index (χ2n) is 4.58. The zero-order valence-electron chi connectivity index (χ0n) is 11.8. The van der Waals surface area contributed by atoms with Crippen molar-refractivity contribution >= 4 is 17.6 Å². The van der Waals surface area contributed by atoms with E-state index >= 15 is 0 Å². The maximum absolute atomic E-state index is 11.4. The van der Waals surface area contributed by atoms with E-state index in [1.165, 1.54) is 7.11 Å². The van der Waals surface area contributed by atoms with Gasteiger partial charge in [0.25, 0.3) is 0 Å². The van der Waals surface area contributed by atoms with Gasteiger partial charge in [0.15, 0.2) is 0 Å². The van der Waals surface area contributed by atoms with Crippen LogP contribution in [0.5, 0.6) is 5.75 Å². The van der Waals surface area contributed by atoms with Crippen LogP contribution in [0.4, 0.5) is 0 Å². The molecule has 0 bridgehead atoms. The molecule has 1 aromatic carbocycles. The van der Waals surface area contributed by atoms with Gasteiger partial charge in [0.05, 0.1) is 20.1 Å². The molecule has 0 amide bonds. The third-order valence-corrected chi connectivity index (χ3v) is 3.11. The summed E-state index contributed by atoms with van der Waals surface area (Å²) in [4.78, 5) is 13.4. The van der Waals surface area contributed by atoms with Gasteiger partial charge in [-0.05, 0) is 25.2 Å². The highest BCUT2D eigenvalue weighted by Gasteiger charge is 2.16.